The quantitative estimate of drug-likeness (QED) is 0.134. The van der Waals surface area contributed by atoms with Gasteiger partial charge in [-0.2, -0.15) is 0 Å². The van der Waals surface area contributed by atoms with E-state index in [0.29, 0.717) is 116 Å². The molecule has 0 aliphatic heterocycles. The van der Waals surface area contributed by atoms with Crippen molar-refractivity contribution in [1.29, 1.82) is 0 Å². The number of hydrogen-bond donors (Lipinski definition) is 0. The van der Waals surface area contributed by atoms with Gasteiger partial charge < -0.3 is 37.9 Å². The van der Waals surface area contributed by atoms with Gasteiger partial charge in [0.25, 0.3) is 0 Å². The van der Waals surface area contributed by atoms with Crippen LogP contribution in [-0.2, 0) is 50.9 Å². The molecule has 1 rings (SSSR count). The molecule has 0 bridgehead atoms. The maximum absolute atomic E-state index is 5.61. The van der Waals surface area contributed by atoms with Crippen LogP contribution in [0.3, 0.4) is 0 Å². The van der Waals surface area contributed by atoms with Crippen LogP contribution in [-0.4, -0.2) is 121 Å². The molecule has 1 aromatic heterocycles. The largest absolute Gasteiger partial charge is 0.379 e. The first kappa shape index (κ1) is 37.8. The lowest BCUT2D eigenvalue weighted by Gasteiger charge is -2.17. The molecule has 41 heavy (non-hydrogen) atoms. The van der Waals surface area contributed by atoms with Gasteiger partial charge in [0.15, 0.2) is 0 Å². The molecule has 0 spiro atoms. The van der Waals surface area contributed by atoms with Crippen LogP contribution < -0.4 is 0 Å². The molecule has 0 saturated carbocycles. The Hall–Kier alpha value is -1.18. The first-order valence-electron chi connectivity index (χ1n) is 15.2. The summed E-state index contributed by atoms with van der Waals surface area (Å²) in [6.07, 6.45) is 5.09. The molecule has 1 aromatic rings. The molecule has 1 heterocycles. The summed E-state index contributed by atoms with van der Waals surface area (Å²) in [7, 11) is 0. The van der Waals surface area contributed by atoms with E-state index in [9.17, 15) is 0 Å². The third kappa shape index (κ3) is 27.4. The SMILES string of the molecule is CC(C)(C)CCOCCOCCOCCOCCOCCOCCOCCOCCn1cc(CCC(C)(C)C)nn1. The molecule has 11 nitrogen and oxygen atoms in total. The Morgan fingerprint density at radius 1 is 0.488 bits per heavy atom. The van der Waals surface area contributed by atoms with E-state index in [0.717, 1.165) is 31.6 Å². The second-order valence-electron chi connectivity index (χ2n) is 12.2. The zero-order valence-electron chi connectivity index (χ0n) is 26.8. The smallest absolute Gasteiger partial charge is 0.0827 e. The van der Waals surface area contributed by atoms with Crippen molar-refractivity contribution in [3.8, 4) is 0 Å². The molecular weight excluding hydrogens is 530 g/mol. The van der Waals surface area contributed by atoms with Gasteiger partial charge in [-0.25, -0.2) is 4.68 Å². The predicted octanol–water partition coefficient (Wildman–Crippen LogP) is 3.83. The van der Waals surface area contributed by atoms with Gasteiger partial charge in [-0.3, -0.25) is 0 Å². The van der Waals surface area contributed by atoms with Crippen molar-refractivity contribution in [3.05, 3.63) is 11.9 Å². The summed E-state index contributed by atoms with van der Waals surface area (Å²) < 4.78 is 46.0. The van der Waals surface area contributed by atoms with E-state index in [1.807, 2.05) is 10.9 Å². The van der Waals surface area contributed by atoms with E-state index in [1.165, 1.54) is 0 Å². The monoisotopic (exact) mass is 589 g/mol. The third-order valence-electron chi connectivity index (χ3n) is 5.78. The van der Waals surface area contributed by atoms with Gasteiger partial charge in [-0.15, -0.1) is 5.10 Å². The molecule has 0 amide bonds. The van der Waals surface area contributed by atoms with Crippen molar-refractivity contribution in [2.75, 3.05) is 106 Å². The maximum Gasteiger partial charge on any atom is 0.0827 e. The standard InChI is InChI=1S/C30H59N3O8/c1-29(2,3)8-7-28-27-33(32-31-28)10-12-35-14-16-37-18-20-39-22-24-41-26-25-40-23-21-38-19-17-36-15-13-34-11-9-30(4,5)6/h27H,7-26H2,1-6H3. The van der Waals surface area contributed by atoms with Crippen molar-refractivity contribution in [3.63, 3.8) is 0 Å². The number of rotatable bonds is 28. The second kappa shape index (κ2) is 24.3. The van der Waals surface area contributed by atoms with E-state index in [4.69, 9.17) is 37.9 Å². The number of aromatic nitrogens is 3. The zero-order chi connectivity index (χ0) is 30.1. The summed E-state index contributed by atoms with van der Waals surface area (Å²) >= 11 is 0. The summed E-state index contributed by atoms with van der Waals surface area (Å²) in [6.45, 7) is 23.1. The van der Waals surface area contributed by atoms with E-state index < -0.39 is 0 Å². The summed E-state index contributed by atoms with van der Waals surface area (Å²) in [5.74, 6) is 0. The van der Waals surface area contributed by atoms with Crippen LogP contribution in [0.2, 0.25) is 0 Å². The van der Waals surface area contributed by atoms with Crippen molar-refractivity contribution < 1.29 is 37.9 Å². The van der Waals surface area contributed by atoms with E-state index in [2.05, 4.69) is 51.9 Å². The van der Waals surface area contributed by atoms with Gasteiger partial charge in [0.2, 0.25) is 0 Å². The van der Waals surface area contributed by atoms with Crippen molar-refractivity contribution in [1.82, 2.24) is 15.0 Å². The Labute approximate surface area is 248 Å². The Balaban J connectivity index is 1.71. The van der Waals surface area contributed by atoms with Gasteiger partial charge in [-0.05, 0) is 30.1 Å². The van der Waals surface area contributed by atoms with E-state index >= 15 is 0 Å². The number of hydrogen-bond acceptors (Lipinski definition) is 10. The van der Waals surface area contributed by atoms with Crippen LogP contribution >= 0.6 is 0 Å². The van der Waals surface area contributed by atoms with Crippen molar-refractivity contribution >= 4 is 0 Å². The maximum atomic E-state index is 5.61. The molecule has 0 unspecified atom stereocenters. The first-order valence-corrected chi connectivity index (χ1v) is 15.2. The molecule has 0 N–H and O–H groups in total. The average Bonchev–Trinajstić information content (AvgIpc) is 3.36. The number of aryl methyl sites for hydroxylation is 1. The fraction of sp³-hybridized carbons (Fsp3) is 0.933. The normalized spacial score (nSPS) is 12.4. The molecule has 0 fully saturated rings. The second-order valence-corrected chi connectivity index (χ2v) is 12.2. The lowest BCUT2D eigenvalue weighted by Crippen LogP contribution is -2.15. The van der Waals surface area contributed by atoms with Crippen LogP contribution in [0.1, 0.15) is 60.1 Å². The van der Waals surface area contributed by atoms with Crippen molar-refractivity contribution in [2.45, 2.75) is 67.3 Å². The fourth-order valence-corrected chi connectivity index (χ4v) is 3.24. The Morgan fingerprint density at radius 3 is 1.20 bits per heavy atom. The molecule has 0 aliphatic carbocycles. The lowest BCUT2D eigenvalue weighted by atomic mass is 9.90. The highest BCUT2D eigenvalue weighted by atomic mass is 16.6. The Bertz CT molecular complexity index is 707. The molecular formula is C30H59N3O8. The molecule has 0 aromatic carbocycles. The lowest BCUT2D eigenvalue weighted by molar-refractivity contribution is -0.0237. The minimum Gasteiger partial charge on any atom is -0.379 e. The first-order chi connectivity index (χ1) is 19.7. The minimum atomic E-state index is 0.302. The van der Waals surface area contributed by atoms with Crippen molar-refractivity contribution in [2.24, 2.45) is 10.8 Å². The number of nitrogens with zero attached hydrogens (tertiary/aromatic N) is 3. The fourth-order valence-electron chi connectivity index (χ4n) is 3.24. The molecule has 11 heteroatoms. The molecule has 0 radical (unpaired) electrons. The van der Waals surface area contributed by atoms with Gasteiger partial charge in [0.05, 0.1) is 111 Å². The molecule has 0 atom stereocenters. The van der Waals surface area contributed by atoms with Crippen LogP contribution in [0, 0.1) is 10.8 Å². The highest BCUT2D eigenvalue weighted by Gasteiger charge is 2.12. The average molecular weight is 590 g/mol. The summed E-state index contributed by atoms with van der Waals surface area (Å²) in [4.78, 5) is 0. The van der Waals surface area contributed by atoms with Crippen LogP contribution in [0.15, 0.2) is 6.20 Å². The van der Waals surface area contributed by atoms with Gasteiger partial charge in [0.1, 0.15) is 0 Å². The highest BCUT2D eigenvalue weighted by molar-refractivity contribution is 4.93. The molecule has 0 aliphatic rings. The van der Waals surface area contributed by atoms with Gasteiger partial charge >= 0.3 is 0 Å². The van der Waals surface area contributed by atoms with Crippen LogP contribution in [0.25, 0.3) is 0 Å². The van der Waals surface area contributed by atoms with E-state index in [-0.39, 0.29) is 0 Å². The topological polar surface area (TPSA) is 105 Å². The van der Waals surface area contributed by atoms with Gasteiger partial charge in [-0.1, -0.05) is 46.8 Å². The van der Waals surface area contributed by atoms with Gasteiger partial charge in [0, 0.05) is 12.8 Å². The summed E-state index contributed by atoms with van der Waals surface area (Å²) in [5.41, 5.74) is 1.64. The summed E-state index contributed by atoms with van der Waals surface area (Å²) in [6, 6.07) is 0. The minimum absolute atomic E-state index is 0.302. The molecule has 0 saturated heterocycles. The molecule has 242 valence electrons. The highest BCUT2D eigenvalue weighted by Crippen LogP contribution is 2.20. The Morgan fingerprint density at radius 2 is 0.829 bits per heavy atom. The zero-order valence-corrected chi connectivity index (χ0v) is 26.8. The van der Waals surface area contributed by atoms with Crippen LogP contribution in [0.5, 0.6) is 0 Å². The van der Waals surface area contributed by atoms with E-state index in [1.54, 1.807) is 0 Å². The third-order valence-corrected chi connectivity index (χ3v) is 5.78. The summed E-state index contributed by atoms with van der Waals surface area (Å²) in [5, 5.41) is 8.39. The predicted molar refractivity (Wildman–Crippen MR) is 158 cm³/mol. The number of ether oxygens (including phenoxy) is 8. The van der Waals surface area contributed by atoms with Crippen LogP contribution in [0.4, 0.5) is 0 Å². The Kier molecular flexibility index (Phi) is 22.4.